The Balaban J connectivity index is 1.60. The number of fused-ring (bicyclic) bond motifs is 2. The van der Waals surface area contributed by atoms with Gasteiger partial charge in [-0.3, -0.25) is 4.79 Å². The number of aromatic amines is 1. The van der Waals surface area contributed by atoms with E-state index in [0.717, 1.165) is 34.3 Å². The molecule has 2 aromatic carbocycles. The number of hydrogen-bond donors (Lipinski definition) is 3. The van der Waals surface area contributed by atoms with Gasteiger partial charge in [0.1, 0.15) is 11.8 Å². The molecule has 4 aromatic rings. The highest BCUT2D eigenvalue weighted by atomic mass is 32.2. The standard InChI is InChI=1S/C26H28N6O2S/c1-4-14-35-26-30-25-28-16(3)22(24(33)29-20-12-8-9-13-21(20)34-5-2)23(32(25)31-26)18-15-27-19-11-7-6-10-17(18)19/h6-13,15,23,27H,4-5,14H2,1-3H3,(H,29,33)(H,28,30,31). The number of para-hydroxylation sites is 3. The van der Waals surface area contributed by atoms with Crippen molar-refractivity contribution in [3.63, 3.8) is 0 Å². The third kappa shape index (κ3) is 4.39. The van der Waals surface area contributed by atoms with Crippen molar-refractivity contribution < 1.29 is 9.53 Å². The third-order valence-electron chi connectivity index (χ3n) is 5.86. The molecular weight excluding hydrogens is 460 g/mol. The minimum atomic E-state index is -0.454. The highest BCUT2D eigenvalue weighted by Crippen LogP contribution is 2.39. The number of H-pyrrole nitrogens is 1. The molecule has 0 aliphatic carbocycles. The van der Waals surface area contributed by atoms with Gasteiger partial charge in [-0.15, -0.1) is 5.10 Å². The average molecular weight is 489 g/mol. The van der Waals surface area contributed by atoms with Crippen molar-refractivity contribution in [1.82, 2.24) is 19.7 Å². The molecule has 1 amide bonds. The lowest BCUT2D eigenvalue weighted by Gasteiger charge is -2.28. The van der Waals surface area contributed by atoms with Crippen LogP contribution in [0.25, 0.3) is 10.9 Å². The van der Waals surface area contributed by atoms with E-state index >= 15 is 0 Å². The van der Waals surface area contributed by atoms with E-state index < -0.39 is 6.04 Å². The van der Waals surface area contributed by atoms with Crippen LogP contribution < -0.4 is 15.4 Å². The van der Waals surface area contributed by atoms with E-state index in [1.165, 1.54) is 0 Å². The normalized spacial score (nSPS) is 15.1. The first-order valence-corrected chi connectivity index (χ1v) is 12.8. The summed E-state index contributed by atoms with van der Waals surface area (Å²) >= 11 is 1.61. The lowest BCUT2D eigenvalue weighted by Crippen LogP contribution is -2.31. The Bertz CT molecular complexity index is 1410. The molecule has 180 valence electrons. The number of anilines is 2. The van der Waals surface area contributed by atoms with Crippen LogP contribution >= 0.6 is 11.8 Å². The smallest absolute Gasteiger partial charge is 0.255 e. The highest BCUT2D eigenvalue weighted by Gasteiger charge is 2.36. The van der Waals surface area contributed by atoms with Crippen LogP contribution in [0.1, 0.15) is 38.8 Å². The van der Waals surface area contributed by atoms with Crippen LogP contribution in [-0.2, 0) is 4.79 Å². The van der Waals surface area contributed by atoms with Gasteiger partial charge < -0.3 is 20.4 Å². The molecule has 0 spiro atoms. The van der Waals surface area contributed by atoms with Gasteiger partial charge in [-0.2, -0.15) is 4.98 Å². The largest absolute Gasteiger partial charge is 0.492 e. The van der Waals surface area contributed by atoms with Gasteiger partial charge in [0.15, 0.2) is 0 Å². The van der Waals surface area contributed by atoms with Crippen LogP contribution in [0.3, 0.4) is 0 Å². The fraction of sp³-hybridized carbons (Fsp3) is 0.269. The molecule has 5 rings (SSSR count). The van der Waals surface area contributed by atoms with Crippen LogP contribution in [-0.4, -0.2) is 38.0 Å². The second-order valence-electron chi connectivity index (χ2n) is 8.25. The van der Waals surface area contributed by atoms with E-state index in [9.17, 15) is 4.79 Å². The van der Waals surface area contributed by atoms with Gasteiger partial charge in [-0.05, 0) is 38.5 Å². The van der Waals surface area contributed by atoms with Gasteiger partial charge in [0, 0.05) is 34.1 Å². The van der Waals surface area contributed by atoms with Gasteiger partial charge in [-0.1, -0.05) is 49.0 Å². The Morgan fingerprint density at radius 1 is 1.17 bits per heavy atom. The van der Waals surface area contributed by atoms with Gasteiger partial charge in [0.2, 0.25) is 11.1 Å². The Morgan fingerprint density at radius 3 is 2.80 bits per heavy atom. The predicted molar refractivity (Wildman–Crippen MR) is 140 cm³/mol. The summed E-state index contributed by atoms with van der Waals surface area (Å²) in [6.07, 6.45) is 2.98. The molecule has 8 nitrogen and oxygen atoms in total. The van der Waals surface area contributed by atoms with Crippen molar-refractivity contribution >= 4 is 40.2 Å². The molecule has 1 aliphatic rings. The van der Waals surface area contributed by atoms with E-state index in [1.807, 2.05) is 67.2 Å². The topological polar surface area (TPSA) is 96.9 Å². The van der Waals surface area contributed by atoms with Gasteiger partial charge in [-0.25, -0.2) is 4.68 Å². The second kappa shape index (κ2) is 9.87. The van der Waals surface area contributed by atoms with Crippen molar-refractivity contribution in [3.8, 4) is 5.75 Å². The molecule has 3 heterocycles. The molecule has 3 N–H and O–H groups in total. The Hall–Kier alpha value is -3.72. The first-order valence-electron chi connectivity index (χ1n) is 11.8. The number of aromatic nitrogens is 4. The summed E-state index contributed by atoms with van der Waals surface area (Å²) in [5, 5.41) is 12.9. The van der Waals surface area contributed by atoms with E-state index in [-0.39, 0.29) is 5.91 Å². The monoisotopic (exact) mass is 488 g/mol. The summed E-state index contributed by atoms with van der Waals surface area (Å²) in [4.78, 5) is 21.9. The number of nitrogens with one attached hydrogen (secondary N) is 3. The number of ether oxygens (including phenoxy) is 1. The zero-order valence-corrected chi connectivity index (χ0v) is 20.8. The van der Waals surface area contributed by atoms with Gasteiger partial charge in [0.05, 0.1) is 17.9 Å². The maximum atomic E-state index is 13.8. The lowest BCUT2D eigenvalue weighted by molar-refractivity contribution is -0.113. The van der Waals surface area contributed by atoms with Gasteiger partial charge >= 0.3 is 0 Å². The highest BCUT2D eigenvalue weighted by molar-refractivity contribution is 7.99. The number of benzene rings is 2. The Kier molecular flexibility index (Phi) is 6.50. The molecule has 0 radical (unpaired) electrons. The summed E-state index contributed by atoms with van der Waals surface area (Å²) < 4.78 is 7.55. The Labute approximate surface area is 208 Å². The first-order chi connectivity index (χ1) is 17.1. The van der Waals surface area contributed by atoms with Crippen molar-refractivity contribution in [3.05, 3.63) is 71.6 Å². The molecule has 1 aliphatic heterocycles. The van der Waals surface area contributed by atoms with Crippen LogP contribution in [0.5, 0.6) is 5.75 Å². The Morgan fingerprint density at radius 2 is 1.97 bits per heavy atom. The zero-order valence-electron chi connectivity index (χ0n) is 20.0. The summed E-state index contributed by atoms with van der Waals surface area (Å²) in [5.41, 5.74) is 3.90. The molecule has 0 saturated heterocycles. The molecule has 9 heteroatoms. The van der Waals surface area contributed by atoms with Gasteiger partial charge in [0.25, 0.3) is 5.91 Å². The lowest BCUT2D eigenvalue weighted by atomic mass is 9.94. The summed E-state index contributed by atoms with van der Waals surface area (Å²) in [6.45, 7) is 6.46. The molecule has 0 bridgehead atoms. The molecule has 1 unspecified atom stereocenters. The molecule has 35 heavy (non-hydrogen) atoms. The maximum Gasteiger partial charge on any atom is 0.255 e. The second-order valence-corrected chi connectivity index (χ2v) is 9.31. The molecular formula is C26H28N6O2S. The predicted octanol–water partition coefficient (Wildman–Crippen LogP) is 5.59. The molecule has 0 saturated carbocycles. The number of nitrogens with zero attached hydrogens (tertiary/aromatic N) is 3. The number of rotatable bonds is 8. The van der Waals surface area contributed by atoms with E-state index in [2.05, 4.69) is 28.6 Å². The van der Waals surface area contributed by atoms with Crippen LogP contribution in [0.15, 0.2) is 71.2 Å². The number of amides is 1. The SMILES string of the molecule is CCCSc1nc2n(n1)C(c1c[nH]c3ccccc13)C(C(=O)Nc1ccccc1OCC)=C(C)N2. The van der Waals surface area contributed by atoms with Crippen molar-refractivity contribution in [2.24, 2.45) is 0 Å². The van der Waals surface area contributed by atoms with Crippen LogP contribution in [0, 0.1) is 0 Å². The summed E-state index contributed by atoms with van der Waals surface area (Å²) in [6, 6.07) is 15.1. The van der Waals surface area contributed by atoms with Crippen molar-refractivity contribution in [2.45, 2.75) is 38.4 Å². The minimum absolute atomic E-state index is 0.221. The summed E-state index contributed by atoms with van der Waals surface area (Å²) in [5.74, 6) is 1.97. The fourth-order valence-electron chi connectivity index (χ4n) is 4.33. The van der Waals surface area contributed by atoms with Crippen molar-refractivity contribution in [1.29, 1.82) is 0 Å². The molecule has 1 atom stereocenters. The number of carbonyl (C=O) groups is 1. The number of carbonyl (C=O) groups excluding carboxylic acids is 1. The van der Waals surface area contributed by atoms with Crippen LogP contribution in [0.2, 0.25) is 0 Å². The zero-order chi connectivity index (χ0) is 24.4. The molecule has 2 aromatic heterocycles. The number of thioether (sulfide) groups is 1. The van der Waals surface area contributed by atoms with E-state index in [1.54, 1.807) is 11.8 Å². The molecule has 0 fully saturated rings. The summed E-state index contributed by atoms with van der Waals surface area (Å²) in [7, 11) is 0. The maximum absolute atomic E-state index is 13.8. The van der Waals surface area contributed by atoms with E-state index in [0.29, 0.717) is 34.7 Å². The third-order valence-corrected chi connectivity index (χ3v) is 6.91. The van der Waals surface area contributed by atoms with E-state index in [4.69, 9.17) is 14.8 Å². The van der Waals surface area contributed by atoms with Crippen molar-refractivity contribution in [2.75, 3.05) is 23.0 Å². The van der Waals surface area contributed by atoms with Crippen LogP contribution in [0.4, 0.5) is 11.6 Å². The number of hydrogen-bond acceptors (Lipinski definition) is 6. The fourth-order valence-corrected chi connectivity index (χ4v) is 5.01. The number of allylic oxidation sites excluding steroid dienone is 1. The first kappa shape index (κ1) is 23.0. The average Bonchev–Trinajstić information content (AvgIpc) is 3.47. The quantitative estimate of drug-likeness (QED) is 0.280. The minimum Gasteiger partial charge on any atom is -0.492 e.